The molecule has 92 heavy (non-hydrogen) atoms. The summed E-state index contributed by atoms with van der Waals surface area (Å²) < 4.78 is 104. The minimum atomic E-state index is -1.60. The molecule has 4 aromatic carbocycles. The number of amides is 2. The van der Waals surface area contributed by atoms with Crippen LogP contribution in [-0.4, -0.2) is 155 Å². The maximum atomic E-state index is 15.2. The predicted molar refractivity (Wildman–Crippen MR) is 319 cm³/mol. The van der Waals surface area contributed by atoms with Crippen molar-refractivity contribution >= 4 is 35.1 Å². The topological polar surface area (TPSA) is 333 Å². The van der Waals surface area contributed by atoms with Gasteiger partial charge in [0.25, 0.3) is 22.9 Å². The smallest absolute Gasteiger partial charge is 0.870 e. The van der Waals surface area contributed by atoms with Gasteiger partial charge in [-0.05, 0) is 64.1 Å². The third kappa shape index (κ3) is 14.2. The van der Waals surface area contributed by atoms with Crippen LogP contribution >= 0.6 is 0 Å². The summed E-state index contributed by atoms with van der Waals surface area (Å²) in [6, 6.07) is 7.28. The summed E-state index contributed by atoms with van der Waals surface area (Å²) in [5.41, 5.74) is -0.647. The maximum absolute atomic E-state index is 15.2. The van der Waals surface area contributed by atoms with Gasteiger partial charge >= 0.3 is 42.2 Å². The van der Waals surface area contributed by atoms with Crippen molar-refractivity contribution < 1.29 is 105 Å². The van der Waals surface area contributed by atoms with E-state index in [-0.39, 0.29) is 127 Å². The largest absolute Gasteiger partial charge is 1.00 e. The van der Waals surface area contributed by atoms with Gasteiger partial charge in [-0.2, -0.15) is 0 Å². The number of hydrogen-bond acceptors (Lipinski definition) is 18. The number of aromatic nitrogens is 4. The number of carboxylic acids is 1. The minimum Gasteiger partial charge on any atom is -0.870 e. The Kier molecular flexibility index (Phi) is 23.5. The summed E-state index contributed by atoms with van der Waals surface area (Å²) in [6.07, 6.45) is -0.523. The van der Waals surface area contributed by atoms with Gasteiger partial charge in [-0.1, -0.05) is 12.1 Å². The van der Waals surface area contributed by atoms with Crippen molar-refractivity contribution in [3.8, 4) is 45.3 Å². The summed E-state index contributed by atoms with van der Waals surface area (Å²) in [5.74, 6) is -8.35. The average molecular weight is 1290 g/mol. The third-order valence-corrected chi connectivity index (χ3v) is 16.1. The Morgan fingerprint density at radius 3 is 1.27 bits per heavy atom. The van der Waals surface area contributed by atoms with Crippen molar-refractivity contribution in [3.63, 3.8) is 0 Å². The van der Waals surface area contributed by atoms with Crippen LogP contribution in [0, 0.1) is 37.1 Å². The summed E-state index contributed by atoms with van der Waals surface area (Å²) in [7, 11) is 6.93. The fraction of sp³-hybridized carbons (Fsp3) is 0.410. The monoisotopic (exact) mass is 1280 g/mol. The molecule has 2 aromatic heterocycles. The molecule has 0 unspecified atom stereocenters. The number of hydrogen-bond donors (Lipinski definition) is 3. The molecular weight excluding hydrogens is 1220 g/mol. The number of methoxy groups -OCH3 is 1. The Balaban J connectivity index is 0.000000283. The van der Waals surface area contributed by atoms with Crippen molar-refractivity contribution in [3.05, 3.63) is 147 Å². The van der Waals surface area contributed by atoms with E-state index < -0.39 is 92.7 Å². The number of nitrogens with one attached hydrogen (secondary N) is 2. The zero-order valence-electron chi connectivity index (χ0n) is 52.1. The molecule has 26 nitrogen and oxygen atoms in total. The van der Waals surface area contributed by atoms with Crippen LogP contribution in [0.4, 0.5) is 28.9 Å². The molecule has 0 saturated carbocycles. The standard InChI is InChI=1S/C31H34F2N4O8.C30H32F2N4O8.Li.2H2O/c1-16-15-43-9-8-37(16)19-13-21(32)25(22(33)14-19)28(38)34-23(30(40)42-5)12-18-6-7-20(27-26(18)44-10-11-45-27)24-17(2)35(3)31(41)36(4)29(24)39;1-15-14-42-8-7-36(15)18-12-20(31)24(21(32)13-18)27(37)33-22(29(39)40)11-17-5-6-19(26-25(17)43-9-10-44-26)23-16(2)34(3)30(41)35(4)28(23)38;;;/h6-7,13-14,16,23H,8-12,15H2,1-5H3,(H,34,38);5-6,12-13,15,22H,7-11,14H2,1-4H3,(H,33,37)(H,39,40);;2*1H2/q;;+1;;/p-1/t16-,23-;15-,22-;;;/m00.../s1. The van der Waals surface area contributed by atoms with E-state index in [9.17, 15) is 43.5 Å². The minimum absolute atomic E-state index is 0. The van der Waals surface area contributed by atoms with Crippen molar-refractivity contribution in [2.24, 2.45) is 28.2 Å². The summed E-state index contributed by atoms with van der Waals surface area (Å²) in [4.78, 5) is 106. The van der Waals surface area contributed by atoms with Gasteiger partial charge < -0.3 is 78.8 Å². The first-order valence-electron chi connectivity index (χ1n) is 28.3. The fourth-order valence-electron chi connectivity index (χ4n) is 11.2. The average Bonchev–Trinajstić information content (AvgIpc) is 0.775. The van der Waals surface area contributed by atoms with Gasteiger partial charge in [-0.15, -0.1) is 0 Å². The number of benzene rings is 4. The van der Waals surface area contributed by atoms with Crippen LogP contribution < -0.4 is 80.7 Å². The number of ether oxygens (including phenoxy) is 7. The van der Waals surface area contributed by atoms with Gasteiger partial charge in [-0.3, -0.25) is 28.3 Å². The van der Waals surface area contributed by atoms with Crippen molar-refractivity contribution in [1.82, 2.24) is 28.9 Å². The Hall–Kier alpha value is -8.92. The molecule has 2 amide bonds. The van der Waals surface area contributed by atoms with E-state index >= 15 is 17.6 Å². The molecule has 0 aliphatic carbocycles. The van der Waals surface area contributed by atoms with Gasteiger partial charge in [0, 0.05) is 111 Å². The van der Waals surface area contributed by atoms with E-state index in [0.717, 1.165) is 40.5 Å². The second-order valence-electron chi connectivity index (χ2n) is 21.7. The van der Waals surface area contributed by atoms with Gasteiger partial charge in [0.1, 0.15) is 72.9 Å². The molecule has 10 rings (SSSR count). The van der Waals surface area contributed by atoms with Crippen LogP contribution in [-0.2, 0) is 64.8 Å². The Labute approximate surface area is 534 Å². The molecule has 31 heteroatoms. The quantitative estimate of drug-likeness (QED) is 0.0710. The van der Waals surface area contributed by atoms with Crippen LogP contribution in [0.1, 0.15) is 57.1 Å². The van der Waals surface area contributed by atoms with Crippen LogP contribution in [0.3, 0.4) is 0 Å². The number of anilines is 2. The van der Waals surface area contributed by atoms with Gasteiger partial charge in [-0.25, -0.2) is 36.7 Å². The van der Waals surface area contributed by atoms with Crippen molar-refractivity contribution in [1.29, 1.82) is 0 Å². The molecular formula is C61H69F4LiN8O18. The fourth-order valence-corrected chi connectivity index (χ4v) is 11.2. The number of carboxylic acid groups (broad SMARTS) is 1. The van der Waals surface area contributed by atoms with E-state index in [0.29, 0.717) is 73.2 Å². The van der Waals surface area contributed by atoms with Crippen LogP contribution in [0.15, 0.2) is 67.7 Å². The number of nitrogens with zero attached hydrogens (tertiary/aromatic N) is 6. The first kappa shape index (κ1) is 72.1. The summed E-state index contributed by atoms with van der Waals surface area (Å²) in [6.45, 7) is 9.97. The number of halogens is 4. The first-order chi connectivity index (χ1) is 42.3. The van der Waals surface area contributed by atoms with E-state index in [1.54, 1.807) is 48.9 Å². The van der Waals surface area contributed by atoms with E-state index in [2.05, 4.69) is 10.6 Å². The Morgan fingerprint density at radius 2 is 0.924 bits per heavy atom. The molecule has 6 heterocycles. The maximum Gasteiger partial charge on any atom is 1.00 e. The Morgan fingerprint density at radius 1 is 0.576 bits per heavy atom. The Bertz CT molecular complexity index is 4040. The van der Waals surface area contributed by atoms with Gasteiger partial charge in [0.2, 0.25) is 0 Å². The molecule has 490 valence electrons. The number of carbonyl (C=O) groups is 4. The van der Waals surface area contributed by atoms with Crippen molar-refractivity contribution in [2.45, 2.75) is 64.7 Å². The van der Waals surface area contributed by atoms with E-state index in [4.69, 9.17) is 33.2 Å². The number of carbonyl (C=O) groups excluding carboxylic acids is 3. The first-order valence-corrected chi connectivity index (χ1v) is 28.3. The van der Waals surface area contributed by atoms with E-state index in [1.165, 1.54) is 36.3 Å². The molecule has 4 atom stereocenters. The van der Waals surface area contributed by atoms with Crippen LogP contribution in [0.2, 0.25) is 0 Å². The second-order valence-corrected chi connectivity index (χ2v) is 21.7. The number of morpholine rings is 2. The summed E-state index contributed by atoms with van der Waals surface area (Å²) in [5, 5.41) is 14.6. The molecule has 0 bridgehead atoms. The normalized spacial score (nSPS) is 16.2. The zero-order chi connectivity index (χ0) is 64.4. The van der Waals surface area contributed by atoms with Crippen molar-refractivity contribution in [2.75, 3.05) is 82.9 Å². The second kappa shape index (κ2) is 30.0. The molecule has 4 aliphatic rings. The SMILES string of the molecule is COC(=O)[C@H](Cc1ccc(-c2c(C)n(C)c(=O)n(C)c2=O)c2c1OCCO2)NC(=O)c1c(F)cc(N2CCOC[C@@H]2C)cc1F.Cc1c(-c2ccc(C[C@H](NC(=O)c3c(F)cc(N4CCOC[C@@H]4C)cc3F)C(=O)O)c3c2OCCO3)c(=O)n(C)c(=O)n1C.O.[Li+].[OH-]. The number of fused-ring (bicyclic) bond motifs is 2. The van der Waals surface area contributed by atoms with E-state index in [1.807, 2.05) is 13.8 Å². The molecule has 4 aliphatic heterocycles. The number of rotatable bonds is 14. The van der Waals surface area contributed by atoms with Gasteiger partial charge in [0.15, 0.2) is 23.0 Å². The third-order valence-electron chi connectivity index (χ3n) is 16.1. The number of aliphatic carboxylic acids is 1. The molecule has 2 saturated heterocycles. The van der Waals surface area contributed by atoms with Crippen LogP contribution in [0.5, 0.6) is 23.0 Å². The van der Waals surface area contributed by atoms with Crippen LogP contribution in [0.25, 0.3) is 22.3 Å². The summed E-state index contributed by atoms with van der Waals surface area (Å²) >= 11 is 0. The predicted octanol–water partition coefficient (Wildman–Crippen LogP) is -0.390. The zero-order valence-corrected chi connectivity index (χ0v) is 52.1. The van der Waals surface area contributed by atoms with Gasteiger partial charge in [0.05, 0.1) is 44.7 Å². The number of esters is 1. The molecule has 6 N–H and O–H groups in total. The molecule has 0 spiro atoms. The molecule has 2 fully saturated rings. The molecule has 0 radical (unpaired) electrons. The molecule has 6 aromatic rings.